The Morgan fingerprint density at radius 3 is 1.19 bits per heavy atom. The Hall–Kier alpha value is -4.58. The van der Waals surface area contributed by atoms with Crippen LogP contribution in [0.25, 0.3) is 11.1 Å². The maximum atomic E-state index is 12.3. The molecule has 4 rings (SSSR count). The summed E-state index contributed by atoms with van der Waals surface area (Å²) < 4.78 is 0. The van der Waals surface area contributed by atoms with Gasteiger partial charge >= 0.3 is 0 Å². The van der Waals surface area contributed by atoms with Crippen molar-refractivity contribution >= 4 is 23.2 Å². The molecule has 0 radical (unpaired) electrons. The highest BCUT2D eigenvalue weighted by molar-refractivity contribution is 6.06. The molecular formula is C26H20N2O4. The molecule has 0 aliphatic heterocycles. The number of carbonyl (C=O) groups excluding carboxylic acids is 2. The number of hydrogen-bond donors (Lipinski definition) is 4. The maximum Gasteiger partial charge on any atom is 0.259 e. The lowest BCUT2D eigenvalue weighted by molar-refractivity contribution is 0.101. The van der Waals surface area contributed by atoms with Crippen LogP contribution in [0.4, 0.5) is 11.4 Å². The zero-order chi connectivity index (χ0) is 22.5. The minimum absolute atomic E-state index is 0.0729. The van der Waals surface area contributed by atoms with Crippen molar-refractivity contribution in [1.29, 1.82) is 0 Å². The lowest BCUT2D eigenvalue weighted by atomic mass is 10.0. The SMILES string of the molecule is O=C(Nc1ccc(-c2ccc(NC(=O)c3ccccc3O)cc2)cc1)c1ccccc1O. The molecule has 4 aromatic rings. The van der Waals surface area contributed by atoms with Crippen LogP contribution in [0.5, 0.6) is 11.5 Å². The molecule has 0 saturated carbocycles. The predicted molar refractivity (Wildman–Crippen MR) is 124 cm³/mol. The summed E-state index contributed by atoms with van der Waals surface area (Å²) in [6, 6.07) is 27.3. The molecule has 0 aliphatic rings. The number of aromatic hydroxyl groups is 2. The number of carbonyl (C=O) groups is 2. The van der Waals surface area contributed by atoms with E-state index in [0.717, 1.165) is 11.1 Å². The van der Waals surface area contributed by atoms with Crippen LogP contribution in [0.3, 0.4) is 0 Å². The van der Waals surface area contributed by atoms with E-state index in [1.54, 1.807) is 60.7 Å². The summed E-state index contributed by atoms with van der Waals surface area (Å²) in [7, 11) is 0. The Morgan fingerprint density at radius 2 is 0.844 bits per heavy atom. The standard InChI is InChI=1S/C26H20N2O4/c29-23-7-3-1-5-21(23)25(31)27-19-13-9-17(10-14-19)18-11-15-20(16-12-18)28-26(32)22-6-2-4-8-24(22)30/h1-16,29-30H,(H,27,31)(H,28,32). The van der Waals surface area contributed by atoms with Crippen molar-refractivity contribution in [2.24, 2.45) is 0 Å². The molecule has 4 N–H and O–H groups in total. The van der Waals surface area contributed by atoms with E-state index < -0.39 is 0 Å². The molecule has 0 fully saturated rings. The van der Waals surface area contributed by atoms with E-state index in [0.29, 0.717) is 11.4 Å². The first-order valence-electron chi connectivity index (χ1n) is 9.90. The monoisotopic (exact) mass is 424 g/mol. The van der Waals surface area contributed by atoms with Gasteiger partial charge in [-0.3, -0.25) is 9.59 Å². The van der Waals surface area contributed by atoms with Crippen LogP contribution in [-0.2, 0) is 0 Å². The molecule has 0 unspecified atom stereocenters. The average Bonchev–Trinajstić information content (AvgIpc) is 2.80. The Labute approximate surface area is 184 Å². The lowest BCUT2D eigenvalue weighted by Crippen LogP contribution is -2.12. The van der Waals surface area contributed by atoms with Crippen molar-refractivity contribution in [1.82, 2.24) is 0 Å². The van der Waals surface area contributed by atoms with Gasteiger partial charge in [-0.25, -0.2) is 0 Å². The van der Waals surface area contributed by atoms with Gasteiger partial charge in [-0.1, -0.05) is 48.5 Å². The number of para-hydroxylation sites is 2. The van der Waals surface area contributed by atoms with E-state index in [-0.39, 0.29) is 34.4 Å². The molecule has 0 saturated heterocycles. The van der Waals surface area contributed by atoms with Crippen molar-refractivity contribution in [3.8, 4) is 22.6 Å². The molecule has 158 valence electrons. The van der Waals surface area contributed by atoms with Gasteiger partial charge in [0, 0.05) is 11.4 Å². The molecule has 32 heavy (non-hydrogen) atoms. The summed E-state index contributed by atoms with van der Waals surface area (Å²) in [5.74, 6) is -0.923. The fourth-order valence-corrected chi connectivity index (χ4v) is 3.22. The third kappa shape index (κ3) is 4.60. The maximum absolute atomic E-state index is 12.3. The third-order valence-electron chi connectivity index (χ3n) is 4.92. The number of rotatable bonds is 5. The quantitative estimate of drug-likeness (QED) is 0.351. The number of amides is 2. The third-order valence-corrected chi connectivity index (χ3v) is 4.92. The van der Waals surface area contributed by atoms with Gasteiger partial charge in [0.15, 0.2) is 0 Å². The molecule has 6 heteroatoms. The minimum Gasteiger partial charge on any atom is -0.507 e. The molecule has 0 aliphatic carbocycles. The molecular weight excluding hydrogens is 404 g/mol. The molecule has 0 aromatic heterocycles. The highest BCUT2D eigenvalue weighted by atomic mass is 16.3. The Morgan fingerprint density at radius 1 is 0.500 bits per heavy atom. The summed E-state index contributed by atoms with van der Waals surface area (Å²) in [4.78, 5) is 24.6. The highest BCUT2D eigenvalue weighted by Crippen LogP contribution is 2.25. The summed E-state index contributed by atoms with van der Waals surface area (Å²) in [6.45, 7) is 0. The fraction of sp³-hybridized carbons (Fsp3) is 0. The number of hydrogen-bond acceptors (Lipinski definition) is 4. The molecule has 0 heterocycles. The van der Waals surface area contributed by atoms with E-state index in [4.69, 9.17) is 0 Å². The second kappa shape index (κ2) is 9.06. The summed E-state index contributed by atoms with van der Waals surface area (Å²) in [5, 5.41) is 25.1. The van der Waals surface area contributed by atoms with Crippen molar-refractivity contribution in [2.45, 2.75) is 0 Å². The van der Waals surface area contributed by atoms with Gasteiger partial charge in [-0.05, 0) is 59.7 Å². The zero-order valence-electron chi connectivity index (χ0n) is 16.9. The van der Waals surface area contributed by atoms with Crippen molar-refractivity contribution in [2.75, 3.05) is 10.6 Å². The highest BCUT2D eigenvalue weighted by Gasteiger charge is 2.12. The molecule has 6 nitrogen and oxygen atoms in total. The van der Waals surface area contributed by atoms with E-state index in [9.17, 15) is 19.8 Å². The number of phenolic OH excluding ortho intramolecular Hbond substituents is 2. The van der Waals surface area contributed by atoms with Crippen LogP contribution in [0.15, 0.2) is 97.1 Å². The topological polar surface area (TPSA) is 98.7 Å². The van der Waals surface area contributed by atoms with E-state index in [1.807, 2.05) is 24.3 Å². The van der Waals surface area contributed by atoms with Crippen LogP contribution in [-0.4, -0.2) is 22.0 Å². The Bertz CT molecular complexity index is 1160. The first-order chi connectivity index (χ1) is 15.5. The second-order valence-electron chi connectivity index (χ2n) is 7.10. The number of phenols is 2. The Kier molecular flexibility index (Phi) is 5.85. The molecule has 0 spiro atoms. The van der Waals surface area contributed by atoms with Gasteiger partial charge in [0.25, 0.3) is 11.8 Å². The van der Waals surface area contributed by atoms with Gasteiger partial charge in [0.1, 0.15) is 11.5 Å². The second-order valence-corrected chi connectivity index (χ2v) is 7.10. The number of benzene rings is 4. The lowest BCUT2D eigenvalue weighted by Gasteiger charge is -2.09. The smallest absolute Gasteiger partial charge is 0.259 e. The van der Waals surface area contributed by atoms with Crippen LogP contribution in [0.1, 0.15) is 20.7 Å². The predicted octanol–water partition coefficient (Wildman–Crippen LogP) is 5.27. The first-order valence-corrected chi connectivity index (χ1v) is 9.90. The van der Waals surface area contributed by atoms with Crippen LogP contribution in [0, 0.1) is 0 Å². The van der Waals surface area contributed by atoms with E-state index >= 15 is 0 Å². The minimum atomic E-state index is -0.389. The summed E-state index contributed by atoms with van der Waals surface area (Å²) in [6.07, 6.45) is 0. The Balaban J connectivity index is 1.42. The van der Waals surface area contributed by atoms with Crippen molar-refractivity contribution in [3.05, 3.63) is 108 Å². The van der Waals surface area contributed by atoms with Crippen molar-refractivity contribution in [3.63, 3.8) is 0 Å². The van der Waals surface area contributed by atoms with Gasteiger partial charge in [-0.2, -0.15) is 0 Å². The van der Waals surface area contributed by atoms with Gasteiger partial charge < -0.3 is 20.8 Å². The van der Waals surface area contributed by atoms with Crippen molar-refractivity contribution < 1.29 is 19.8 Å². The first kappa shape index (κ1) is 20.7. The van der Waals surface area contributed by atoms with Gasteiger partial charge in [0.2, 0.25) is 0 Å². The normalized spacial score (nSPS) is 10.4. The average molecular weight is 424 g/mol. The fourth-order valence-electron chi connectivity index (χ4n) is 3.22. The summed E-state index contributed by atoms with van der Waals surface area (Å²) in [5.41, 5.74) is 3.49. The van der Waals surface area contributed by atoms with E-state index in [2.05, 4.69) is 10.6 Å². The largest absolute Gasteiger partial charge is 0.507 e. The zero-order valence-corrected chi connectivity index (χ0v) is 16.9. The van der Waals surface area contributed by atoms with Gasteiger partial charge in [0.05, 0.1) is 11.1 Å². The van der Waals surface area contributed by atoms with Crippen LogP contribution in [0.2, 0.25) is 0 Å². The van der Waals surface area contributed by atoms with Crippen LogP contribution >= 0.6 is 0 Å². The number of nitrogens with one attached hydrogen (secondary N) is 2. The molecule has 2 amide bonds. The van der Waals surface area contributed by atoms with E-state index in [1.165, 1.54) is 12.1 Å². The molecule has 0 bridgehead atoms. The number of anilines is 2. The van der Waals surface area contributed by atoms with Gasteiger partial charge in [-0.15, -0.1) is 0 Å². The molecule has 4 aromatic carbocycles. The van der Waals surface area contributed by atoms with Crippen LogP contribution < -0.4 is 10.6 Å². The molecule has 0 atom stereocenters. The summed E-state index contributed by atoms with van der Waals surface area (Å²) >= 11 is 0.